The van der Waals surface area contributed by atoms with Gasteiger partial charge in [-0.1, -0.05) is 46.0 Å². The molecule has 0 saturated heterocycles. The highest BCUT2D eigenvalue weighted by molar-refractivity contribution is 14.2. The Morgan fingerprint density at radius 2 is 2.11 bits per heavy atom. The first-order valence-electron chi connectivity index (χ1n) is 2.78. The molecule has 0 aliphatic heterocycles. The number of halogens is 1. The molecule has 0 nitrogen and oxygen atoms in total. The molecule has 0 aromatic heterocycles. The van der Waals surface area contributed by atoms with Crippen LogP contribution < -0.4 is 0 Å². The molecule has 0 amide bonds. The molecule has 0 aromatic rings. The van der Waals surface area contributed by atoms with Crippen molar-refractivity contribution in [3.05, 3.63) is 25.3 Å². The zero-order chi connectivity index (χ0) is 7.11. The van der Waals surface area contributed by atoms with Crippen molar-refractivity contribution >= 4 is 34.5 Å². The predicted molar refractivity (Wildman–Crippen MR) is 56.8 cm³/mol. The third-order valence-electron chi connectivity index (χ3n) is 0.774. The summed E-state index contributed by atoms with van der Waals surface area (Å²) in [6.45, 7) is 9.61. The first kappa shape index (κ1) is 9.70. The van der Waals surface area contributed by atoms with Crippen LogP contribution in [0.4, 0.5) is 0 Å². The van der Waals surface area contributed by atoms with E-state index in [2.05, 4.69) is 42.2 Å². The topological polar surface area (TPSA) is 0 Å². The molecule has 0 heterocycles. The second-order valence-corrected chi connectivity index (χ2v) is 6.83. The lowest BCUT2D eigenvalue weighted by molar-refractivity contribution is 1.74. The quantitative estimate of drug-likeness (QED) is 0.304. The summed E-state index contributed by atoms with van der Waals surface area (Å²) < 4.78 is 0. The minimum absolute atomic E-state index is 0.0691. The normalized spacial score (nSPS) is 12.1. The number of rotatable bonds is 5. The third kappa shape index (κ3) is 6.59. The molecule has 9 heavy (non-hydrogen) atoms. The summed E-state index contributed by atoms with van der Waals surface area (Å²) >= 11 is 2.46. The summed E-state index contributed by atoms with van der Waals surface area (Å²) in [4.78, 5) is 0. The molecule has 0 fully saturated rings. The van der Waals surface area contributed by atoms with Crippen molar-refractivity contribution in [2.75, 3.05) is 6.16 Å². The average Bonchev–Trinajstić information content (AvgIpc) is 1.85. The van der Waals surface area contributed by atoms with Gasteiger partial charge in [0.2, 0.25) is 0 Å². The van der Waals surface area contributed by atoms with Crippen LogP contribution in [0.1, 0.15) is 0 Å². The molecule has 0 aliphatic rings. The Balaban J connectivity index is 3.14. The molecular weight excluding hydrogens is 241 g/mol. The fraction of sp³-hybridized carbons (Fsp3) is 0.333. The van der Waals surface area contributed by atoms with Gasteiger partial charge in [-0.15, -0.1) is 13.2 Å². The van der Waals surface area contributed by atoms with Crippen molar-refractivity contribution in [3.63, 3.8) is 0 Å². The highest BCUT2D eigenvalue weighted by Gasteiger charge is 1.98. The van der Waals surface area contributed by atoms with Gasteiger partial charge >= 0.3 is 0 Å². The predicted octanol–water partition coefficient (Wildman–Crippen LogP) is 3.23. The molecule has 1 atom stereocenters. The molecule has 49 valence electrons. The molecule has 0 spiro atoms. The highest BCUT2D eigenvalue weighted by Crippen LogP contribution is 2.43. The van der Waals surface area contributed by atoms with Gasteiger partial charge in [0.25, 0.3) is 0 Å². The molecule has 0 N–H and O–H groups in total. The Morgan fingerprint density at radius 1 is 1.44 bits per heavy atom. The maximum absolute atomic E-state index is 3.67. The zero-order valence-corrected chi connectivity index (χ0v) is 8.44. The van der Waals surface area contributed by atoms with E-state index in [0.29, 0.717) is 0 Å². The van der Waals surface area contributed by atoms with Crippen LogP contribution in [0.15, 0.2) is 25.3 Å². The summed E-state index contributed by atoms with van der Waals surface area (Å²) in [5.41, 5.74) is 0.0691. The molecule has 1 unspecified atom stereocenters. The maximum atomic E-state index is 3.67. The van der Waals surface area contributed by atoms with E-state index >= 15 is 0 Å². The molecule has 1 radical (unpaired) electrons. The van der Waals surface area contributed by atoms with Gasteiger partial charge in [0.1, 0.15) is 0 Å². The molecule has 0 aromatic carbocycles. The molecular formula is C6H10BIP. The van der Waals surface area contributed by atoms with Crippen LogP contribution in [-0.2, 0) is 0 Å². The standard InChI is InChI=1S/C6H10BIP/c1-3-5-7-9(8)6-4-2/h3-4H,1-2,5-6H2. The summed E-state index contributed by atoms with van der Waals surface area (Å²) in [5, 5.41) is 0. The van der Waals surface area contributed by atoms with Gasteiger partial charge in [0.05, 0.1) is 0 Å². The van der Waals surface area contributed by atoms with Crippen molar-refractivity contribution in [1.29, 1.82) is 0 Å². The van der Waals surface area contributed by atoms with Gasteiger partial charge < -0.3 is 0 Å². The Hall–Kier alpha value is 0.705. The zero-order valence-electron chi connectivity index (χ0n) is 5.39. The van der Waals surface area contributed by atoms with Crippen LogP contribution in [0.2, 0.25) is 6.32 Å². The van der Waals surface area contributed by atoms with Crippen molar-refractivity contribution in [2.24, 2.45) is 0 Å². The largest absolute Gasteiger partial charge is 0.164 e. The van der Waals surface area contributed by atoms with Gasteiger partial charge in [0.15, 0.2) is 7.00 Å². The Bertz CT molecular complexity index is 95.1. The Labute approximate surface area is 72.2 Å². The van der Waals surface area contributed by atoms with Gasteiger partial charge in [-0.25, -0.2) is 0 Å². The second-order valence-electron chi connectivity index (χ2n) is 1.58. The molecule has 0 rings (SSSR count). The van der Waals surface area contributed by atoms with E-state index in [0.717, 1.165) is 12.5 Å². The Morgan fingerprint density at radius 3 is 2.56 bits per heavy atom. The lowest BCUT2D eigenvalue weighted by Gasteiger charge is -2.01. The fourth-order valence-electron chi connectivity index (χ4n) is 0.387. The summed E-state index contributed by atoms with van der Waals surface area (Å²) in [6.07, 6.45) is 6.06. The molecule has 0 aliphatic carbocycles. The molecule has 3 heteroatoms. The number of allylic oxidation sites excluding steroid dienone is 2. The van der Waals surface area contributed by atoms with E-state index in [4.69, 9.17) is 0 Å². The van der Waals surface area contributed by atoms with Crippen LogP contribution in [0.3, 0.4) is 0 Å². The van der Waals surface area contributed by atoms with Gasteiger partial charge in [0, 0.05) is 0 Å². The molecule has 0 bridgehead atoms. The van der Waals surface area contributed by atoms with Crippen LogP contribution in [-0.4, -0.2) is 13.2 Å². The smallest absolute Gasteiger partial charge is 0.104 e. The number of hydrogen-bond donors (Lipinski definition) is 0. The van der Waals surface area contributed by atoms with Gasteiger partial charge in [-0.2, -0.15) is 0 Å². The maximum Gasteiger partial charge on any atom is 0.164 e. The van der Waals surface area contributed by atoms with E-state index in [1.165, 1.54) is 0 Å². The summed E-state index contributed by atoms with van der Waals surface area (Å²) in [6, 6.07) is 0. The van der Waals surface area contributed by atoms with Crippen molar-refractivity contribution in [2.45, 2.75) is 6.32 Å². The van der Waals surface area contributed by atoms with Crippen molar-refractivity contribution < 1.29 is 0 Å². The van der Waals surface area contributed by atoms with Gasteiger partial charge in [-0.3, -0.25) is 0 Å². The lowest BCUT2D eigenvalue weighted by Crippen LogP contribution is -1.82. The van der Waals surface area contributed by atoms with Crippen LogP contribution in [0, 0.1) is 0 Å². The van der Waals surface area contributed by atoms with E-state index < -0.39 is 0 Å². The SMILES string of the molecule is C=CC[B]P(I)CC=C. The van der Waals surface area contributed by atoms with Gasteiger partial charge in [-0.05, 0) is 6.16 Å². The third-order valence-corrected chi connectivity index (χ3v) is 4.35. The molecule has 0 saturated carbocycles. The summed E-state index contributed by atoms with van der Waals surface area (Å²) in [7, 11) is 0. The minimum atomic E-state index is 0.0691. The van der Waals surface area contributed by atoms with E-state index in [1.54, 1.807) is 0 Å². The fourth-order valence-corrected chi connectivity index (χ4v) is 2.68. The van der Waals surface area contributed by atoms with E-state index in [1.807, 2.05) is 12.2 Å². The van der Waals surface area contributed by atoms with Crippen molar-refractivity contribution in [3.8, 4) is 0 Å². The first-order chi connectivity index (χ1) is 4.31. The Kier molecular flexibility index (Phi) is 7.35. The lowest BCUT2D eigenvalue weighted by atomic mass is 10.0. The van der Waals surface area contributed by atoms with Crippen LogP contribution in [0.5, 0.6) is 0 Å². The highest BCUT2D eigenvalue weighted by atomic mass is 127. The monoisotopic (exact) mass is 251 g/mol. The number of hydrogen-bond acceptors (Lipinski definition) is 0. The second kappa shape index (κ2) is 6.82. The first-order valence-corrected chi connectivity index (χ1v) is 7.17. The van der Waals surface area contributed by atoms with E-state index in [-0.39, 0.29) is 5.44 Å². The van der Waals surface area contributed by atoms with E-state index in [9.17, 15) is 0 Å². The van der Waals surface area contributed by atoms with Crippen LogP contribution >= 0.6 is 27.5 Å². The average molecular weight is 251 g/mol. The minimum Gasteiger partial charge on any atom is -0.104 e. The van der Waals surface area contributed by atoms with Crippen LogP contribution in [0.25, 0.3) is 0 Å². The summed E-state index contributed by atoms with van der Waals surface area (Å²) in [5.74, 6) is 0. The van der Waals surface area contributed by atoms with Crippen molar-refractivity contribution in [1.82, 2.24) is 0 Å².